The van der Waals surface area contributed by atoms with Crippen LogP contribution in [0.2, 0.25) is 0 Å². The van der Waals surface area contributed by atoms with E-state index in [-0.39, 0.29) is 5.91 Å². The van der Waals surface area contributed by atoms with Gasteiger partial charge in [0, 0.05) is 40.9 Å². The quantitative estimate of drug-likeness (QED) is 0.374. The largest absolute Gasteiger partial charge is 0.386 e. The summed E-state index contributed by atoms with van der Waals surface area (Å²) in [7, 11) is 0. The molecule has 1 amide bonds. The number of hydrogen-bond acceptors (Lipinski definition) is 6. The summed E-state index contributed by atoms with van der Waals surface area (Å²) in [5, 5.41) is 18.4. The molecule has 8 heteroatoms. The maximum absolute atomic E-state index is 13.0. The molecule has 1 aliphatic rings. The Hall–Kier alpha value is -3.36. The number of carbonyl (C=O) groups excluding carboxylic acids is 1. The van der Waals surface area contributed by atoms with E-state index < -0.39 is 5.60 Å². The minimum atomic E-state index is -0.955. The van der Waals surface area contributed by atoms with Crippen LogP contribution in [0.4, 0.5) is 11.6 Å². The molecule has 1 fully saturated rings. The Bertz CT molecular complexity index is 1350. The molecule has 0 radical (unpaired) electrons. The highest BCUT2D eigenvalue weighted by Gasteiger charge is 2.24. The van der Waals surface area contributed by atoms with Crippen molar-refractivity contribution in [1.29, 1.82) is 0 Å². The van der Waals surface area contributed by atoms with Crippen LogP contribution in [-0.2, 0) is 5.60 Å². The first-order valence-electron chi connectivity index (χ1n) is 12.2. The van der Waals surface area contributed by atoms with Crippen molar-refractivity contribution in [3.8, 4) is 0 Å². The number of aliphatic hydroxyl groups is 1. The van der Waals surface area contributed by atoms with Crippen LogP contribution < -0.4 is 10.2 Å². The predicted molar refractivity (Wildman–Crippen MR) is 145 cm³/mol. The third-order valence-corrected chi connectivity index (χ3v) is 7.79. The zero-order valence-electron chi connectivity index (χ0n) is 20.8. The molecule has 0 spiro atoms. The lowest BCUT2D eigenvalue weighted by Gasteiger charge is -2.33. The van der Waals surface area contributed by atoms with Crippen LogP contribution in [0, 0.1) is 6.92 Å². The number of amides is 1. The molecular formula is C28H31N5O2S. The molecule has 0 saturated carbocycles. The van der Waals surface area contributed by atoms with Crippen molar-refractivity contribution in [2.45, 2.75) is 49.4 Å². The summed E-state index contributed by atoms with van der Waals surface area (Å²) in [5.74, 6) is 1.19. The van der Waals surface area contributed by atoms with Crippen molar-refractivity contribution in [3.63, 3.8) is 0 Å². The highest BCUT2D eigenvalue weighted by atomic mass is 32.2. The first-order chi connectivity index (χ1) is 17.3. The van der Waals surface area contributed by atoms with Gasteiger partial charge < -0.3 is 15.3 Å². The fourth-order valence-electron chi connectivity index (χ4n) is 4.47. The summed E-state index contributed by atoms with van der Waals surface area (Å²) >= 11 is 1.95. The number of hydrogen-bond donors (Lipinski definition) is 2. The van der Waals surface area contributed by atoms with Gasteiger partial charge in [0.2, 0.25) is 0 Å². The van der Waals surface area contributed by atoms with Crippen molar-refractivity contribution < 1.29 is 9.90 Å². The first-order valence-corrected chi connectivity index (χ1v) is 13.1. The van der Waals surface area contributed by atoms with Crippen molar-refractivity contribution >= 4 is 35.0 Å². The second-order valence-corrected chi connectivity index (χ2v) is 11.1. The summed E-state index contributed by atoms with van der Waals surface area (Å²) in [5.41, 5.74) is 1.89. The van der Waals surface area contributed by atoms with E-state index in [4.69, 9.17) is 0 Å². The smallest absolute Gasteiger partial charge is 0.256 e. The monoisotopic (exact) mass is 501 g/mol. The number of piperidine rings is 1. The summed E-state index contributed by atoms with van der Waals surface area (Å²) in [6.07, 6.45) is 2.14. The Kier molecular flexibility index (Phi) is 6.73. The normalized spacial score (nSPS) is 14.8. The molecule has 0 unspecified atom stereocenters. The van der Waals surface area contributed by atoms with Crippen LogP contribution in [-0.4, -0.2) is 44.0 Å². The van der Waals surface area contributed by atoms with Crippen LogP contribution in [0.25, 0.3) is 5.65 Å². The van der Waals surface area contributed by atoms with E-state index >= 15 is 0 Å². The summed E-state index contributed by atoms with van der Waals surface area (Å²) in [4.78, 5) is 21.3. The third-order valence-electron chi connectivity index (χ3n) is 6.44. The second kappa shape index (κ2) is 9.95. The predicted octanol–water partition coefficient (Wildman–Crippen LogP) is 5.28. The summed E-state index contributed by atoms with van der Waals surface area (Å²) < 4.78 is 1.87. The van der Waals surface area contributed by atoms with Gasteiger partial charge in [0.05, 0.1) is 11.3 Å². The average Bonchev–Trinajstić information content (AvgIpc) is 3.24. The lowest BCUT2D eigenvalue weighted by Crippen LogP contribution is -2.36. The van der Waals surface area contributed by atoms with Crippen LogP contribution >= 0.6 is 11.8 Å². The Labute approximate surface area is 215 Å². The Morgan fingerprint density at radius 2 is 1.75 bits per heavy atom. The van der Waals surface area contributed by atoms with Crippen LogP contribution in [0.15, 0.2) is 71.6 Å². The Morgan fingerprint density at radius 3 is 2.42 bits per heavy atom. The topological polar surface area (TPSA) is 82.8 Å². The van der Waals surface area contributed by atoms with Gasteiger partial charge in [-0.15, -0.1) is 11.8 Å². The van der Waals surface area contributed by atoms with Crippen molar-refractivity contribution in [1.82, 2.24) is 14.6 Å². The third kappa shape index (κ3) is 5.39. The number of carbonyl (C=O) groups is 1. The molecule has 2 N–H and O–H groups in total. The summed E-state index contributed by atoms with van der Waals surface area (Å²) in [6.45, 7) is 7.21. The SMILES string of the molecule is Cc1cc2nc(NC(=O)c3ccc(C(C)(C)O)cc3)cc(N3CCC(Sc4ccccc4)CC3)n2n1. The van der Waals surface area contributed by atoms with E-state index in [1.54, 1.807) is 38.1 Å². The first kappa shape index (κ1) is 24.3. The molecule has 7 nitrogen and oxygen atoms in total. The number of rotatable bonds is 6. The molecule has 2 aromatic carbocycles. The van der Waals surface area contributed by atoms with Gasteiger partial charge in [-0.3, -0.25) is 4.79 Å². The number of fused-ring (bicyclic) bond motifs is 1. The molecule has 5 rings (SSSR count). The number of nitrogens with zero attached hydrogens (tertiary/aromatic N) is 4. The van der Waals surface area contributed by atoms with Crippen molar-refractivity contribution in [2.75, 3.05) is 23.3 Å². The van der Waals surface area contributed by atoms with E-state index in [0.29, 0.717) is 22.3 Å². The number of nitrogens with one attached hydrogen (secondary N) is 1. The molecule has 36 heavy (non-hydrogen) atoms. The molecule has 1 saturated heterocycles. The van der Waals surface area contributed by atoms with Crippen molar-refractivity contribution in [2.24, 2.45) is 0 Å². The van der Waals surface area contributed by atoms with Gasteiger partial charge in [-0.05, 0) is 63.4 Å². The highest BCUT2D eigenvalue weighted by Crippen LogP contribution is 2.32. The minimum Gasteiger partial charge on any atom is -0.386 e. The van der Waals surface area contributed by atoms with E-state index in [0.717, 1.165) is 43.0 Å². The molecule has 4 aromatic rings. The number of aryl methyl sites for hydroxylation is 1. The van der Waals surface area contributed by atoms with E-state index in [1.165, 1.54) is 4.90 Å². The van der Waals surface area contributed by atoms with Gasteiger partial charge in [-0.1, -0.05) is 30.3 Å². The second-order valence-electron chi connectivity index (χ2n) is 9.76. The zero-order valence-corrected chi connectivity index (χ0v) is 21.6. The van der Waals surface area contributed by atoms with Gasteiger partial charge in [0.1, 0.15) is 11.6 Å². The average molecular weight is 502 g/mol. The van der Waals surface area contributed by atoms with Crippen LogP contribution in [0.1, 0.15) is 48.3 Å². The van der Waals surface area contributed by atoms with Crippen LogP contribution in [0.5, 0.6) is 0 Å². The highest BCUT2D eigenvalue weighted by molar-refractivity contribution is 8.00. The van der Waals surface area contributed by atoms with Crippen LogP contribution in [0.3, 0.4) is 0 Å². The van der Waals surface area contributed by atoms with Gasteiger partial charge in [0.15, 0.2) is 5.65 Å². The number of anilines is 2. The molecule has 0 atom stereocenters. The maximum atomic E-state index is 13.0. The minimum absolute atomic E-state index is 0.241. The van der Waals surface area contributed by atoms with E-state index in [9.17, 15) is 9.90 Å². The summed E-state index contributed by atoms with van der Waals surface area (Å²) in [6, 6.07) is 21.4. The maximum Gasteiger partial charge on any atom is 0.256 e. The number of aromatic nitrogens is 3. The lowest BCUT2D eigenvalue weighted by atomic mass is 9.97. The molecular weight excluding hydrogens is 470 g/mol. The Balaban J connectivity index is 1.33. The van der Waals surface area contributed by atoms with E-state index in [1.807, 2.05) is 35.3 Å². The fourth-order valence-corrected chi connectivity index (χ4v) is 5.62. The number of benzene rings is 2. The molecule has 0 bridgehead atoms. The lowest BCUT2D eigenvalue weighted by molar-refractivity contribution is 0.0785. The molecule has 2 aromatic heterocycles. The molecule has 0 aliphatic carbocycles. The van der Waals surface area contributed by atoms with Gasteiger partial charge in [0.25, 0.3) is 5.91 Å². The van der Waals surface area contributed by atoms with Gasteiger partial charge in [-0.2, -0.15) is 9.61 Å². The van der Waals surface area contributed by atoms with Gasteiger partial charge in [-0.25, -0.2) is 4.98 Å². The zero-order chi connectivity index (χ0) is 25.3. The molecule has 1 aliphatic heterocycles. The molecule has 186 valence electrons. The van der Waals surface area contributed by atoms with Gasteiger partial charge >= 0.3 is 0 Å². The van der Waals surface area contributed by atoms with E-state index in [2.05, 4.69) is 50.6 Å². The van der Waals surface area contributed by atoms with Crippen molar-refractivity contribution in [3.05, 3.63) is 83.6 Å². The Morgan fingerprint density at radius 1 is 1.06 bits per heavy atom. The standard InChI is InChI=1S/C28H31N5O2S/c1-19-17-25-29-24(30-27(34)20-9-11-21(12-10-20)28(2,3)35)18-26(33(25)31-19)32-15-13-23(14-16-32)36-22-7-5-4-6-8-22/h4-12,17-18,23,35H,13-16H2,1-3H3,(H,29,30,34). The number of thioether (sulfide) groups is 1. The molecule has 3 heterocycles. The fraction of sp³-hybridized carbons (Fsp3) is 0.321.